The van der Waals surface area contributed by atoms with Gasteiger partial charge in [0, 0.05) is 5.56 Å². The number of hydrogen-bond donors (Lipinski definition) is 2. The van der Waals surface area contributed by atoms with Crippen molar-refractivity contribution in [3.05, 3.63) is 77.0 Å². The molecule has 1 aromatic heterocycles. The lowest BCUT2D eigenvalue weighted by molar-refractivity contribution is -0.160. The molecule has 2 heterocycles. The highest BCUT2D eigenvalue weighted by Crippen LogP contribution is 2.59. The fourth-order valence-electron chi connectivity index (χ4n) is 4.78. The monoisotopic (exact) mass is 596 g/mol. The molecule has 1 aliphatic heterocycles. The summed E-state index contributed by atoms with van der Waals surface area (Å²) in [5.74, 6) is -0.243. The molecular weight excluding hydrogens is 574 g/mol. The van der Waals surface area contributed by atoms with E-state index >= 15 is 0 Å². The molecule has 0 saturated heterocycles. The van der Waals surface area contributed by atoms with Gasteiger partial charge in [0.05, 0.1) is 40.9 Å². The lowest BCUT2D eigenvalue weighted by Crippen LogP contribution is -2.32. The number of benzene rings is 2. The SMILES string of the molecule is CC(C#N)(CO)c1ccc2c(c1)N(S(=O)(=O)c1ccc(C3(C(F)(F)F)CC3)cc1)Cc1ccc(C(F)(F)F)nc1N2. The Bertz CT molecular complexity index is 1660. The van der Waals surface area contributed by atoms with Gasteiger partial charge < -0.3 is 10.4 Å². The lowest BCUT2D eigenvalue weighted by atomic mass is 9.84. The summed E-state index contributed by atoms with van der Waals surface area (Å²) in [6.45, 7) is 0.335. The maximum atomic E-state index is 14.0. The van der Waals surface area contributed by atoms with Crippen molar-refractivity contribution in [2.75, 3.05) is 16.2 Å². The molecule has 0 amide bonds. The van der Waals surface area contributed by atoms with Crippen LogP contribution in [-0.4, -0.2) is 31.3 Å². The van der Waals surface area contributed by atoms with Crippen LogP contribution in [0.1, 0.15) is 42.1 Å². The quantitative estimate of drug-likeness (QED) is 0.354. The van der Waals surface area contributed by atoms with Crippen LogP contribution in [0.2, 0.25) is 0 Å². The highest BCUT2D eigenvalue weighted by Gasteiger charge is 2.64. The van der Waals surface area contributed by atoms with Gasteiger partial charge in [-0.15, -0.1) is 0 Å². The molecule has 216 valence electrons. The molecule has 3 aromatic rings. The minimum Gasteiger partial charge on any atom is -0.394 e. The number of nitriles is 1. The standard InChI is InChI=1S/C27H22F6N4O3S/c1-24(14-34,15-38)18-5-8-20-21(12-18)37(13-16-2-9-22(26(28,29)30)36-23(16)35-20)41(39,40)19-6-3-17(4-7-19)25(10-11-25)27(31,32)33/h2-9,12,38H,10-11,13,15H2,1H3,(H,35,36). The van der Waals surface area contributed by atoms with Gasteiger partial charge in [0.2, 0.25) is 0 Å². The number of aliphatic hydroxyl groups is 1. The predicted molar refractivity (Wildman–Crippen MR) is 136 cm³/mol. The zero-order valence-corrected chi connectivity index (χ0v) is 22.1. The number of halogens is 6. The average molecular weight is 597 g/mol. The van der Waals surface area contributed by atoms with Crippen LogP contribution >= 0.6 is 0 Å². The van der Waals surface area contributed by atoms with Crippen LogP contribution in [-0.2, 0) is 33.6 Å². The topological polar surface area (TPSA) is 106 Å². The first-order chi connectivity index (χ1) is 19.1. The Hall–Kier alpha value is -3.83. The fourth-order valence-corrected chi connectivity index (χ4v) is 6.23. The van der Waals surface area contributed by atoms with Gasteiger partial charge in [-0.25, -0.2) is 13.4 Å². The van der Waals surface area contributed by atoms with E-state index in [0.717, 1.165) is 34.6 Å². The molecule has 1 aliphatic carbocycles. The van der Waals surface area contributed by atoms with Gasteiger partial charge in [0.25, 0.3) is 10.0 Å². The molecule has 14 heteroatoms. The number of fused-ring (bicyclic) bond motifs is 2. The number of pyridine rings is 1. The Kier molecular flexibility index (Phi) is 6.54. The number of nitrogens with zero attached hydrogens (tertiary/aromatic N) is 3. The van der Waals surface area contributed by atoms with Crippen LogP contribution in [0.3, 0.4) is 0 Å². The van der Waals surface area contributed by atoms with Crippen molar-refractivity contribution in [3.8, 4) is 6.07 Å². The lowest BCUT2D eigenvalue weighted by Gasteiger charge is -2.27. The second-order valence-corrected chi connectivity index (χ2v) is 12.1. The molecule has 1 atom stereocenters. The summed E-state index contributed by atoms with van der Waals surface area (Å²) in [5.41, 5.74) is -4.41. The van der Waals surface area contributed by atoms with Gasteiger partial charge in [0.15, 0.2) is 0 Å². The number of anilines is 3. The van der Waals surface area contributed by atoms with Crippen LogP contribution in [0.5, 0.6) is 0 Å². The van der Waals surface area contributed by atoms with Crippen LogP contribution in [0.4, 0.5) is 43.5 Å². The third-order valence-corrected chi connectivity index (χ3v) is 9.36. The van der Waals surface area contributed by atoms with Crippen molar-refractivity contribution in [2.24, 2.45) is 0 Å². The second kappa shape index (κ2) is 9.35. The van der Waals surface area contributed by atoms with E-state index in [1.54, 1.807) is 0 Å². The second-order valence-electron chi connectivity index (χ2n) is 10.3. The fraction of sp³-hybridized carbons (Fsp3) is 0.333. The Morgan fingerprint density at radius 3 is 2.24 bits per heavy atom. The Morgan fingerprint density at radius 2 is 1.71 bits per heavy atom. The summed E-state index contributed by atoms with van der Waals surface area (Å²) in [5, 5.41) is 22.2. The third kappa shape index (κ3) is 4.76. The number of rotatable bonds is 5. The molecule has 0 radical (unpaired) electrons. The summed E-state index contributed by atoms with van der Waals surface area (Å²) in [4.78, 5) is 3.30. The number of sulfonamides is 1. The van der Waals surface area contributed by atoms with E-state index in [2.05, 4.69) is 10.3 Å². The van der Waals surface area contributed by atoms with Crippen LogP contribution in [0.15, 0.2) is 59.5 Å². The van der Waals surface area contributed by atoms with E-state index in [1.807, 2.05) is 6.07 Å². The largest absolute Gasteiger partial charge is 0.433 e. The molecule has 41 heavy (non-hydrogen) atoms. The van der Waals surface area contributed by atoms with Gasteiger partial charge in [0.1, 0.15) is 16.9 Å². The first kappa shape index (κ1) is 28.7. The van der Waals surface area contributed by atoms with Crippen molar-refractivity contribution in [2.45, 2.75) is 54.4 Å². The van der Waals surface area contributed by atoms with Gasteiger partial charge in [-0.1, -0.05) is 24.3 Å². The molecular formula is C27H22F6N4O3S. The third-order valence-electron chi connectivity index (χ3n) is 7.59. The Balaban J connectivity index is 1.64. The van der Waals surface area contributed by atoms with Crippen molar-refractivity contribution in [3.63, 3.8) is 0 Å². The van der Waals surface area contributed by atoms with E-state index in [0.29, 0.717) is 6.07 Å². The summed E-state index contributed by atoms with van der Waals surface area (Å²) >= 11 is 0. The van der Waals surface area contributed by atoms with Gasteiger partial charge in [-0.2, -0.15) is 31.6 Å². The molecule has 0 spiro atoms. The van der Waals surface area contributed by atoms with Gasteiger partial charge in [-0.05, 0) is 61.2 Å². The maximum absolute atomic E-state index is 14.0. The molecule has 0 bridgehead atoms. The Labute approximate surface area is 231 Å². The summed E-state index contributed by atoms with van der Waals surface area (Å²) in [6, 6.07) is 12.2. The summed E-state index contributed by atoms with van der Waals surface area (Å²) in [7, 11) is -4.52. The molecule has 1 unspecified atom stereocenters. The van der Waals surface area contributed by atoms with E-state index in [4.69, 9.17) is 0 Å². The molecule has 5 rings (SSSR count). The molecule has 2 aliphatic rings. The number of aromatic nitrogens is 1. The molecule has 2 aromatic carbocycles. The maximum Gasteiger partial charge on any atom is 0.433 e. The van der Waals surface area contributed by atoms with Crippen molar-refractivity contribution < 1.29 is 39.9 Å². The molecule has 7 nitrogen and oxygen atoms in total. The van der Waals surface area contributed by atoms with Crippen molar-refractivity contribution in [1.82, 2.24) is 4.98 Å². The van der Waals surface area contributed by atoms with Crippen LogP contribution < -0.4 is 9.62 Å². The Morgan fingerprint density at radius 1 is 1.05 bits per heavy atom. The minimum atomic E-state index is -4.77. The number of alkyl halides is 6. The normalized spacial score (nSPS) is 17.8. The minimum absolute atomic E-state index is 0.0479. The first-order valence-corrected chi connectivity index (χ1v) is 13.7. The predicted octanol–water partition coefficient (Wildman–Crippen LogP) is 5.92. The van der Waals surface area contributed by atoms with Gasteiger partial charge in [-0.3, -0.25) is 4.31 Å². The van der Waals surface area contributed by atoms with Gasteiger partial charge >= 0.3 is 12.4 Å². The molecule has 1 saturated carbocycles. The number of aliphatic hydroxyl groups excluding tert-OH is 1. The van der Waals surface area contributed by atoms with Crippen LogP contribution in [0.25, 0.3) is 0 Å². The highest BCUT2D eigenvalue weighted by atomic mass is 32.2. The zero-order chi connectivity index (χ0) is 30.0. The summed E-state index contributed by atoms with van der Waals surface area (Å²) < 4.78 is 110. The average Bonchev–Trinajstić information content (AvgIpc) is 3.75. The van der Waals surface area contributed by atoms with E-state index in [9.17, 15) is 45.1 Å². The smallest absolute Gasteiger partial charge is 0.394 e. The van der Waals surface area contributed by atoms with Crippen molar-refractivity contribution in [1.29, 1.82) is 5.26 Å². The summed E-state index contributed by atoms with van der Waals surface area (Å²) in [6.07, 6.45) is -9.48. The van der Waals surface area contributed by atoms with E-state index in [1.165, 1.54) is 25.1 Å². The molecule has 2 N–H and O–H groups in total. The highest BCUT2D eigenvalue weighted by molar-refractivity contribution is 7.92. The van der Waals surface area contributed by atoms with E-state index < -0.39 is 52.1 Å². The zero-order valence-electron chi connectivity index (χ0n) is 21.3. The molecule has 1 fully saturated rings. The van der Waals surface area contributed by atoms with Crippen LogP contribution in [0, 0.1) is 11.3 Å². The van der Waals surface area contributed by atoms with E-state index in [-0.39, 0.29) is 51.6 Å². The number of nitrogens with one attached hydrogen (secondary N) is 1. The number of hydrogen-bond acceptors (Lipinski definition) is 6. The first-order valence-electron chi connectivity index (χ1n) is 12.3. The van der Waals surface area contributed by atoms with Crippen molar-refractivity contribution >= 4 is 27.2 Å².